The fraction of sp³-hybridized carbons (Fsp3) is 0.579. The van der Waals surface area contributed by atoms with Crippen molar-refractivity contribution in [3.63, 3.8) is 0 Å². The van der Waals surface area contributed by atoms with Crippen LogP contribution in [0.4, 0.5) is 11.4 Å². The molecule has 2 rings (SSSR count). The Morgan fingerprint density at radius 2 is 1.83 bits per heavy atom. The Bertz CT molecular complexity index is 637. The Balaban J connectivity index is 2.12. The summed E-state index contributed by atoms with van der Waals surface area (Å²) in [5, 5.41) is 12.0. The van der Waals surface area contributed by atoms with Crippen molar-refractivity contribution in [2.75, 3.05) is 36.4 Å². The normalized spacial score (nSPS) is 16.1. The van der Waals surface area contributed by atoms with E-state index in [1.54, 1.807) is 13.8 Å². The van der Waals surface area contributed by atoms with E-state index in [0.29, 0.717) is 6.04 Å². The molecule has 1 aliphatic heterocycles. The summed E-state index contributed by atoms with van der Waals surface area (Å²) in [6.45, 7) is 13.8. The maximum absolute atomic E-state index is 12.2. The highest BCUT2D eigenvalue weighted by molar-refractivity contribution is 5.97. The van der Waals surface area contributed by atoms with Crippen LogP contribution in [-0.2, 0) is 4.79 Å². The molecule has 0 radical (unpaired) electrons. The summed E-state index contributed by atoms with van der Waals surface area (Å²) in [5.41, 5.74) is 1.95. The van der Waals surface area contributed by atoms with Crippen LogP contribution < -0.4 is 10.2 Å². The van der Waals surface area contributed by atoms with Crippen molar-refractivity contribution >= 4 is 17.3 Å². The molecular weight excluding hydrogens is 300 g/mol. The maximum atomic E-state index is 12.2. The summed E-state index contributed by atoms with van der Waals surface area (Å²) >= 11 is 0. The van der Waals surface area contributed by atoms with Crippen LogP contribution in [0.15, 0.2) is 18.2 Å². The molecule has 24 heavy (non-hydrogen) atoms. The summed E-state index contributed by atoms with van der Waals surface area (Å²) in [6.07, 6.45) is 0. The lowest BCUT2D eigenvalue weighted by molar-refractivity contribution is -0.121. The zero-order valence-corrected chi connectivity index (χ0v) is 15.4. The average Bonchev–Trinajstić information content (AvgIpc) is 2.54. The highest BCUT2D eigenvalue weighted by Gasteiger charge is 2.27. The topological polar surface area (TPSA) is 59.4 Å². The number of rotatable bonds is 4. The van der Waals surface area contributed by atoms with Gasteiger partial charge in [0.1, 0.15) is 5.41 Å². The lowest BCUT2D eigenvalue weighted by Gasteiger charge is -2.38. The molecule has 0 saturated carbocycles. The number of benzene rings is 1. The first-order valence-corrected chi connectivity index (χ1v) is 8.56. The maximum Gasteiger partial charge on any atom is 0.244 e. The number of nitrogens with one attached hydrogen (secondary N) is 1. The van der Waals surface area contributed by atoms with Gasteiger partial charge in [-0.15, -0.1) is 0 Å². The third-order valence-electron chi connectivity index (χ3n) is 4.58. The molecule has 0 aliphatic carbocycles. The molecule has 1 heterocycles. The zero-order chi connectivity index (χ0) is 17.9. The number of carbonyl (C=O) groups excluding carboxylic acids is 1. The minimum Gasteiger partial charge on any atom is -0.369 e. The van der Waals surface area contributed by atoms with Crippen LogP contribution in [0, 0.1) is 23.7 Å². The molecule has 5 nitrogen and oxygen atoms in total. The fourth-order valence-electron chi connectivity index (χ4n) is 2.85. The zero-order valence-electron chi connectivity index (χ0n) is 15.4. The van der Waals surface area contributed by atoms with E-state index in [4.69, 9.17) is 5.26 Å². The molecule has 1 aliphatic rings. The summed E-state index contributed by atoms with van der Waals surface area (Å²) in [6, 6.07) is 8.71. The van der Waals surface area contributed by atoms with Crippen molar-refractivity contribution in [1.82, 2.24) is 4.90 Å². The van der Waals surface area contributed by atoms with Crippen molar-refractivity contribution in [1.29, 1.82) is 5.26 Å². The molecule has 0 unspecified atom stereocenters. The van der Waals surface area contributed by atoms with Crippen LogP contribution in [0.25, 0.3) is 0 Å². The molecule has 1 saturated heterocycles. The molecular formula is C19H28N4O. The van der Waals surface area contributed by atoms with Gasteiger partial charge in [0, 0.05) is 43.6 Å². The van der Waals surface area contributed by atoms with E-state index < -0.39 is 5.41 Å². The molecule has 0 aromatic heterocycles. The van der Waals surface area contributed by atoms with Crippen LogP contribution in [0.3, 0.4) is 0 Å². The number of nitrogens with zero attached hydrogens (tertiary/aromatic N) is 3. The van der Waals surface area contributed by atoms with Crippen LogP contribution in [0.2, 0.25) is 0 Å². The number of piperazine rings is 1. The second-order valence-corrected chi connectivity index (χ2v) is 7.36. The third-order valence-corrected chi connectivity index (χ3v) is 4.58. The number of carbonyl (C=O) groups is 1. The van der Waals surface area contributed by atoms with Gasteiger partial charge in [0.25, 0.3) is 0 Å². The van der Waals surface area contributed by atoms with Crippen LogP contribution in [-0.4, -0.2) is 43.0 Å². The lowest BCUT2D eigenvalue weighted by atomic mass is 9.94. The van der Waals surface area contributed by atoms with Crippen LogP contribution in [0.5, 0.6) is 0 Å². The van der Waals surface area contributed by atoms with Crippen molar-refractivity contribution in [3.05, 3.63) is 23.8 Å². The van der Waals surface area contributed by atoms with Gasteiger partial charge in [-0.2, -0.15) is 5.26 Å². The molecule has 0 bridgehead atoms. The summed E-state index contributed by atoms with van der Waals surface area (Å²) < 4.78 is 0. The van der Waals surface area contributed by atoms with E-state index in [9.17, 15) is 4.79 Å². The predicted molar refractivity (Wildman–Crippen MR) is 98.1 cm³/mol. The van der Waals surface area contributed by atoms with Gasteiger partial charge in [-0.3, -0.25) is 9.69 Å². The predicted octanol–water partition coefficient (Wildman–Crippen LogP) is 3.01. The summed E-state index contributed by atoms with van der Waals surface area (Å²) in [5.74, 6) is -0.272. The van der Waals surface area contributed by atoms with Gasteiger partial charge >= 0.3 is 0 Å². The molecule has 0 spiro atoms. The molecule has 0 atom stereocenters. The van der Waals surface area contributed by atoms with Crippen molar-refractivity contribution in [2.24, 2.45) is 5.41 Å². The number of amides is 1. The van der Waals surface area contributed by atoms with Gasteiger partial charge in [-0.25, -0.2) is 0 Å². The van der Waals surface area contributed by atoms with Crippen molar-refractivity contribution < 1.29 is 4.79 Å². The quantitative estimate of drug-likeness (QED) is 0.923. The standard InChI is InChI=1S/C19H28N4O/c1-14(2)22-6-8-23(9-7-22)17-11-15(3)10-16(12-17)21-18(24)19(4,5)13-20/h10-12,14H,6-9H2,1-5H3,(H,21,24). The molecule has 1 aromatic rings. The van der Waals surface area contributed by atoms with E-state index in [1.807, 2.05) is 25.1 Å². The van der Waals surface area contributed by atoms with Gasteiger partial charge in [-0.1, -0.05) is 0 Å². The molecule has 1 aromatic carbocycles. The number of hydrogen-bond donors (Lipinski definition) is 1. The minimum atomic E-state index is -1.03. The van der Waals surface area contributed by atoms with E-state index in [2.05, 4.69) is 35.0 Å². The Kier molecular flexibility index (Phi) is 5.51. The Labute approximate surface area is 145 Å². The van der Waals surface area contributed by atoms with Gasteiger partial charge in [0.05, 0.1) is 6.07 Å². The van der Waals surface area contributed by atoms with Gasteiger partial charge in [-0.05, 0) is 58.4 Å². The second-order valence-electron chi connectivity index (χ2n) is 7.36. The largest absolute Gasteiger partial charge is 0.369 e. The molecule has 5 heteroatoms. The number of aryl methyl sites for hydroxylation is 1. The first kappa shape index (κ1) is 18.3. The van der Waals surface area contributed by atoms with Crippen LogP contribution in [0.1, 0.15) is 33.3 Å². The number of hydrogen-bond acceptors (Lipinski definition) is 4. The highest BCUT2D eigenvalue weighted by Crippen LogP contribution is 2.25. The van der Waals surface area contributed by atoms with E-state index in [-0.39, 0.29) is 5.91 Å². The highest BCUT2D eigenvalue weighted by atomic mass is 16.2. The minimum absolute atomic E-state index is 0.272. The van der Waals surface area contributed by atoms with E-state index in [0.717, 1.165) is 43.1 Å². The van der Waals surface area contributed by atoms with E-state index >= 15 is 0 Å². The smallest absolute Gasteiger partial charge is 0.244 e. The summed E-state index contributed by atoms with van der Waals surface area (Å²) in [4.78, 5) is 17.1. The van der Waals surface area contributed by atoms with Gasteiger partial charge in [0.15, 0.2) is 0 Å². The lowest BCUT2D eigenvalue weighted by Crippen LogP contribution is -2.48. The van der Waals surface area contributed by atoms with E-state index in [1.165, 1.54) is 0 Å². The molecule has 1 amide bonds. The number of nitriles is 1. The number of anilines is 2. The van der Waals surface area contributed by atoms with Gasteiger partial charge in [0.2, 0.25) is 5.91 Å². The first-order chi connectivity index (χ1) is 11.2. The Morgan fingerprint density at radius 1 is 1.21 bits per heavy atom. The van der Waals surface area contributed by atoms with Crippen LogP contribution >= 0.6 is 0 Å². The monoisotopic (exact) mass is 328 g/mol. The average molecular weight is 328 g/mol. The third kappa shape index (κ3) is 4.27. The van der Waals surface area contributed by atoms with Gasteiger partial charge < -0.3 is 10.2 Å². The Morgan fingerprint density at radius 3 is 2.38 bits per heavy atom. The Hall–Kier alpha value is -2.06. The SMILES string of the molecule is Cc1cc(NC(=O)C(C)(C)C#N)cc(N2CCN(C(C)C)CC2)c1. The van der Waals surface area contributed by atoms with Crippen molar-refractivity contribution in [2.45, 2.75) is 40.7 Å². The first-order valence-electron chi connectivity index (χ1n) is 8.56. The fourth-order valence-corrected chi connectivity index (χ4v) is 2.85. The van der Waals surface area contributed by atoms with Crippen molar-refractivity contribution in [3.8, 4) is 6.07 Å². The molecule has 1 N–H and O–H groups in total. The molecule has 130 valence electrons. The molecule has 1 fully saturated rings. The summed E-state index contributed by atoms with van der Waals surface area (Å²) in [7, 11) is 0. The second kappa shape index (κ2) is 7.23.